The van der Waals surface area contributed by atoms with Crippen molar-refractivity contribution in [3.63, 3.8) is 0 Å². The Morgan fingerprint density at radius 3 is 2.89 bits per heavy atom. The minimum absolute atomic E-state index is 0.0767. The Morgan fingerprint density at radius 1 is 1.56 bits per heavy atom. The second-order valence-electron chi connectivity index (χ2n) is 4.84. The van der Waals surface area contributed by atoms with Gasteiger partial charge in [0, 0.05) is 18.5 Å². The number of carbonyl (C=O) groups is 1. The van der Waals surface area contributed by atoms with Crippen LogP contribution in [0.3, 0.4) is 0 Å². The second-order valence-corrected chi connectivity index (χ2v) is 5.25. The van der Waals surface area contributed by atoms with Crippen molar-refractivity contribution in [3.05, 3.63) is 28.3 Å². The van der Waals surface area contributed by atoms with Crippen LogP contribution in [0.25, 0.3) is 0 Å². The van der Waals surface area contributed by atoms with E-state index >= 15 is 0 Å². The molecule has 0 aromatic heterocycles. The van der Waals surface area contributed by atoms with Gasteiger partial charge < -0.3 is 10.6 Å². The highest BCUT2D eigenvalue weighted by Crippen LogP contribution is 2.41. The summed E-state index contributed by atoms with van der Waals surface area (Å²) in [7, 11) is 0. The molecule has 2 N–H and O–H groups in total. The monoisotopic (exact) mass is 266 g/mol. The number of nitrogens with two attached hydrogens (primary N) is 1. The molecule has 98 valence electrons. The van der Waals surface area contributed by atoms with Gasteiger partial charge in [-0.1, -0.05) is 17.7 Å². The molecule has 1 amide bonds. The van der Waals surface area contributed by atoms with E-state index in [1.165, 1.54) is 5.56 Å². The fourth-order valence-electron chi connectivity index (χ4n) is 2.75. The first-order valence-corrected chi connectivity index (χ1v) is 6.71. The van der Waals surface area contributed by atoms with E-state index in [4.69, 9.17) is 17.3 Å². The van der Waals surface area contributed by atoms with E-state index < -0.39 is 0 Å². The van der Waals surface area contributed by atoms with Crippen LogP contribution in [-0.2, 0) is 4.79 Å². The number of rotatable bonds is 2. The molecule has 18 heavy (non-hydrogen) atoms. The van der Waals surface area contributed by atoms with E-state index in [0.717, 1.165) is 30.6 Å². The summed E-state index contributed by atoms with van der Waals surface area (Å²) in [4.78, 5) is 13.6. The van der Waals surface area contributed by atoms with E-state index in [1.807, 2.05) is 24.0 Å². The Labute approximate surface area is 113 Å². The van der Waals surface area contributed by atoms with Crippen molar-refractivity contribution in [1.82, 2.24) is 0 Å². The van der Waals surface area contributed by atoms with Crippen molar-refractivity contribution >= 4 is 23.2 Å². The fourth-order valence-corrected chi connectivity index (χ4v) is 2.90. The summed E-state index contributed by atoms with van der Waals surface area (Å²) in [5, 5.41) is 0.716. The molecule has 0 aliphatic carbocycles. The Bertz CT molecular complexity index is 473. The van der Waals surface area contributed by atoms with Crippen molar-refractivity contribution in [2.24, 2.45) is 5.73 Å². The Balaban J connectivity index is 2.53. The molecule has 4 heteroatoms. The molecule has 1 aliphatic heterocycles. The Kier molecular flexibility index (Phi) is 3.93. The van der Waals surface area contributed by atoms with Crippen LogP contribution in [0.5, 0.6) is 0 Å². The lowest BCUT2D eigenvalue weighted by atomic mass is 9.86. The number of benzene rings is 1. The summed E-state index contributed by atoms with van der Waals surface area (Å²) >= 11 is 6.18. The number of anilines is 1. The van der Waals surface area contributed by atoms with E-state index in [9.17, 15) is 4.79 Å². The molecular formula is C14H19ClN2O. The molecular weight excluding hydrogens is 248 g/mol. The predicted molar refractivity (Wildman–Crippen MR) is 75.2 cm³/mol. The third-order valence-electron chi connectivity index (χ3n) is 3.70. The van der Waals surface area contributed by atoms with Crippen molar-refractivity contribution in [1.29, 1.82) is 0 Å². The molecule has 0 spiro atoms. The SMILES string of the molecule is CC(=O)N1CCC(CCN)c2ccc(Cl)c(C)c21. The van der Waals surface area contributed by atoms with Gasteiger partial charge in [-0.05, 0) is 49.4 Å². The lowest BCUT2D eigenvalue weighted by Crippen LogP contribution is -2.36. The van der Waals surface area contributed by atoms with Gasteiger partial charge in [0.15, 0.2) is 0 Å². The van der Waals surface area contributed by atoms with Crippen molar-refractivity contribution < 1.29 is 4.79 Å². The van der Waals surface area contributed by atoms with Crippen molar-refractivity contribution in [2.45, 2.75) is 32.6 Å². The molecule has 1 unspecified atom stereocenters. The van der Waals surface area contributed by atoms with Crippen LogP contribution in [0.15, 0.2) is 12.1 Å². The average Bonchev–Trinajstić information content (AvgIpc) is 2.34. The number of fused-ring (bicyclic) bond motifs is 1. The largest absolute Gasteiger partial charge is 0.330 e. The number of nitrogens with zero attached hydrogens (tertiary/aromatic N) is 1. The molecule has 0 bridgehead atoms. The lowest BCUT2D eigenvalue weighted by molar-refractivity contribution is -0.116. The number of amides is 1. The van der Waals surface area contributed by atoms with E-state index in [0.29, 0.717) is 17.5 Å². The van der Waals surface area contributed by atoms with Gasteiger partial charge in [-0.3, -0.25) is 4.79 Å². The summed E-state index contributed by atoms with van der Waals surface area (Å²) in [6, 6.07) is 3.96. The number of carbonyl (C=O) groups excluding carboxylic acids is 1. The van der Waals surface area contributed by atoms with Crippen LogP contribution in [0, 0.1) is 6.92 Å². The number of hydrogen-bond donors (Lipinski definition) is 1. The highest BCUT2D eigenvalue weighted by molar-refractivity contribution is 6.31. The lowest BCUT2D eigenvalue weighted by Gasteiger charge is -2.35. The maximum absolute atomic E-state index is 11.7. The molecule has 1 aromatic carbocycles. The summed E-state index contributed by atoms with van der Waals surface area (Å²) < 4.78 is 0. The van der Waals surface area contributed by atoms with Crippen LogP contribution in [0.4, 0.5) is 5.69 Å². The first-order chi connectivity index (χ1) is 8.56. The predicted octanol–water partition coefficient (Wildman–Crippen LogP) is 2.84. The van der Waals surface area contributed by atoms with E-state index in [1.54, 1.807) is 6.92 Å². The van der Waals surface area contributed by atoms with Crippen molar-refractivity contribution in [3.8, 4) is 0 Å². The van der Waals surface area contributed by atoms with Gasteiger partial charge in [-0.25, -0.2) is 0 Å². The Hall–Kier alpha value is -1.06. The van der Waals surface area contributed by atoms with Gasteiger partial charge in [-0.15, -0.1) is 0 Å². The molecule has 2 rings (SSSR count). The van der Waals surface area contributed by atoms with Gasteiger partial charge in [0.1, 0.15) is 0 Å². The number of hydrogen-bond acceptors (Lipinski definition) is 2. The summed E-state index contributed by atoms with van der Waals surface area (Å²) in [6.07, 6.45) is 1.94. The van der Waals surface area contributed by atoms with Gasteiger partial charge >= 0.3 is 0 Å². The van der Waals surface area contributed by atoms with Crippen LogP contribution < -0.4 is 10.6 Å². The minimum atomic E-state index is 0.0767. The highest BCUT2D eigenvalue weighted by atomic mass is 35.5. The van der Waals surface area contributed by atoms with E-state index in [2.05, 4.69) is 0 Å². The molecule has 0 fully saturated rings. The molecule has 1 aromatic rings. The zero-order valence-corrected chi connectivity index (χ0v) is 11.6. The number of halogens is 1. The van der Waals surface area contributed by atoms with Crippen LogP contribution in [-0.4, -0.2) is 19.0 Å². The topological polar surface area (TPSA) is 46.3 Å². The van der Waals surface area contributed by atoms with Crippen LogP contribution in [0.2, 0.25) is 5.02 Å². The Morgan fingerprint density at radius 2 is 2.28 bits per heavy atom. The molecule has 0 saturated carbocycles. The van der Waals surface area contributed by atoms with Crippen LogP contribution >= 0.6 is 11.6 Å². The van der Waals surface area contributed by atoms with E-state index in [-0.39, 0.29) is 5.91 Å². The quantitative estimate of drug-likeness (QED) is 0.895. The van der Waals surface area contributed by atoms with Gasteiger partial charge in [0.25, 0.3) is 0 Å². The summed E-state index contributed by atoms with van der Waals surface area (Å²) in [5.41, 5.74) is 8.88. The minimum Gasteiger partial charge on any atom is -0.330 e. The third kappa shape index (κ3) is 2.25. The van der Waals surface area contributed by atoms with Gasteiger partial charge in [-0.2, -0.15) is 0 Å². The first kappa shape index (κ1) is 13.4. The van der Waals surface area contributed by atoms with Crippen molar-refractivity contribution in [2.75, 3.05) is 18.0 Å². The average molecular weight is 267 g/mol. The smallest absolute Gasteiger partial charge is 0.223 e. The first-order valence-electron chi connectivity index (χ1n) is 6.33. The molecule has 0 radical (unpaired) electrons. The molecule has 1 aliphatic rings. The zero-order valence-electron chi connectivity index (χ0n) is 10.9. The summed E-state index contributed by atoms with van der Waals surface area (Å²) in [6.45, 7) is 5.01. The maximum Gasteiger partial charge on any atom is 0.223 e. The standard InChI is InChI=1S/C14H19ClN2O/c1-9-13(15)4-3-12-11(5-7-16)6-8-17(10(2)18)14(9)12/h3-4,11H,5-8,16H2,1-2H3. The van der Waals surface area contributed by atoms with Gasteiger partial charge in [0.2, 0.25) is 5.91 Å². The van der Waals surface area contributed by atoms with Crippen LogP contribution in [0.1, 0.15) is 36.8 Å². The normalized spacial score (nSPS) is 18.7. The molecule has 3 nitrogen and oxygen atoms in total. The fraction of sp³-hybridized carbons (Fsp3) is 0.500. The maximum atomic E-state index is 11.7. The second kappa shape index (κ2) is 5.29. The highest BCUT2D eigenvalue weighted by Gasteiger charge is 2.28. The molecule has 1 atom stereocenters. The zero-order chi connectivity index (χ0) is 13.3. The molecule has 0 saturated heterocycles. The third-order valence-corrected chi connectivity index (χ3v) is 4.11. The van der Waals surface area contributed by atoms with Gasteiger partial charge in [0.05, 0.1) is 5.69 Å². The molecule has 1 heterocycles. The summed E-state index contributed by atoms with van der Waals surface area (Å²) in [5.74, 6) is 0.518.